The second-order valence-corrected chi connectivity index (χ2v) is 7.10. The van der Waals surface area contributed by atoms with E-state index in [1.54, 1.807) is 24.3 Å². The van der Waals surface area contributed by atoms with Crippen LogP contribution in [0.15, 0.2) is 30.5 Å². The molecule has 0 amide bonds. The Morgan fingerprint density at radius 1 is 1.25 bits per heavy atom. The highest BCUT2D eigenvalue weighted by molar-refractivity contribution is 5.85. The first-order chi connectivity index (χ1) is 13.4. The Morgan fingerprint density at radius 2 is 2.07 bits per heavy atom. The number of aromatic nitrogens is 2. The number of nitrogens with zero attached hydrogens (tertiary/aromatic N) is 3. The molecule has 144 valence electrons. The number of nitriles is 1. The van der Waals surface area contributed by atoms with Crippen LogP contribution in [0.2, 0.25) is 0 Å². The molecular formula is C20H18F3N5. The first-order valence-electron chi connectivity index (χ1n) is 9.07. The third kappa shape index (κ3) is 3.34. The van der Waals surface area contributed by atoms with Crippen molar-refractivity contribution < 1.29 is 13.2 Å². The second kappa shape index (κ2) is 6.91. The van der Waals surface area contributed by atoms with Gasteiger partial charge in [-0.15, -0.1) is 0 Å². The van der Waals surface area contributed by atoms with Gasteiger partial charge in [-0.1, -0.05) is 12.1 Å². The van der Waals surface area contributed by atoms with Crippen LogP contribution in [-0.2, 0) is 12.6 Å². The molecule has 28 heavy (non-hydrogen) atoms. The summed E-state index contributed by atoms with van der Waals surface area (Å²) < 4.78 is 40.8. The first kappa shape index (κ1) is 18.4. The number of fused-ring (bicyclic) bond motifs is 1. The summed E-state index contributed by atoms with van der Waals surface area (Å²) in [4.78, 5) is 8.12. The third-order valence-electron chi connectivity index (χ3n) is 5.28. The van der Waals surface area contributed by atoms with E-state index in [2.05, 4.69) is 15.3 Å². The van der Waals surface area contributed by atoms with Crippen LogP contribution >= 0.6 is 0 Å². The minimum Gasteiger partial charge on any atom is -0.350 e. The van der Waals surface area contributed by atoms with Crippen LogP contribution in [0, 0.1) is 11.3 Å². The van der Waals surface area contributed by atoms with Gasteiger partial charge in [0.05, 0.1) is 17.3 Å². The molecule has 0 radical (unpaired) electrons. The van der Waals surface area contributed by atoms with E-state index in [0.717, 1.165) is 31.0 Å². The van der Waals surface area contributed by atoms with Crippen LogP contribution in [0.4, 0.5) is 19.1 Å². The van der Waals surface area contributed by atoms with Crippen molar-refractivity contribution in [3.05, 3.63) is 58.4 Å². The molecule has 5 nitrogen and oxygen atoms in total. The average Bonchev–Trinajstić information content (AvgIpc) is 3.26. The van der Waals surface area contributed by atoms with Crippen LogP contribution < -0.4 is 11.1 Å². The number of halogens is 3. The summed E-state index contributed by atoms with van der Waals surface area (Å²) in [6, 6.07) is 6.91. The van der Waals surface area contributed by atoms with Gasteiger partial charge in [-0.2, -0.15) is 18.4 Å². The fourth-order valence-electron chi connectivity index (χ4n) is 3.84. The van der Waals surface area contributed by atoms with E-state index < -0.39 is 11.7 Å². The van der Waals surface area contributed by atoms with Gasteiger partial charge in [0.25, 0.3) is 0 Å². The molecule has 1 heterocycles. The largest absolute Gasteiger partial charge is 0.419 e. The zero-order chi connectivity index (χ0) is 19.9. The Balaban J connectivity index is 1.75. The Hall–Kier alpha value is -2.92. The zero-order valence-electron chi connectivity index (χ0n) is 14.9. The van der Waals surface area contributed by atoms with Crippen molar-refractivity contribution in [3.63, 3.8) is 0 Å². The number of anilines is 1. The quantitative estimate of drug-likeness (QED) is 0.842. The van der Waals surface area contributed by atoms with E-state index in [9.17, 15) is 13.2 Å². The lowest BCUT2D eigenvalue weighted by Gasteiger charge is -2.19. The fourth-order valence-corrected chi connectivity index (χ4v) is 3.84. The maximum atomic E-state index is 13.6. The SMILES string of the molecule is N#Cc1ccc2c(c1)CC=C2c1nc(N[C@H]2CCC[C@@H]2N)ncc1C(F)(F)F. The molecule has 2 aliphatic rings. The zero-order valence-corrected chi connectivity index (χ0v) is 14.9. The molecule has 4 rings (SSSR count). The summed E-state index contributed by atoms with van der Waals surface area (Å²) in [5, 5.41) is 12.1. The molecule has 2 atom stereocenters. The molecule has 0 bridgehead atoms. The van der Waals surface area contributed by atoms with E-state index in [0.29, 0.717) is 23.1 Å². The lowest BCUT2D eigenvalue weighted by Crippen LogP contribution is -2.35. The number of allylic oxidation sites excluding steroid dienone is 1. The first-order valence-corrected chi connectivity index (χ1v) is 9.07. The topological polar surface area (TPSA) is 87.6 Å². The molecule has 1 aromatic carbocycles. The molecule has 8 heteroatoms. The Kier molecular flexibility index (Phi) is 4.55. The number of rotatable bonds is 3. The normalized spacial score (nSPS) is 21.2. The molecule has 0 unspecified atom stereocenters. The van der Waals surface area contributed by atoms with Crippen molar-refractivity contribution in [2.75, 3.05) is 5.32 Å². The van der Waals surface area contributed by atoms with Crippen LogP contribution in [0.1, 0.15) is 47.2 Å². The molecular weight excluding hydrogens is 367 g/mol. The monoisotopic (exact) mass is 385 g/mol. The lowest BCUT2D eigenvalue weighted by molar-refractivity contribution is -0.138. The van der Waals surface area contributed by atoms with Gasteiger partial charge in [-0.25, -0.2) is 9.97 Å². The molecule has 2 aromatic rings. The molecule has 3 N–H and O–H groups in total. The number of hydrogen-bond donors (Lipinski definition) is 2. The number of benzene rings is 1. The average molecular weight is 385 g/mol. The minimum absolute atomic E-state index is 0.0485. The van der Waals surface area contributed by atoms with E-state index in [1.165, 1.54) is 0 Å². The van der Waals surface area contributed by atoms with Gasteiger partial charge in [0.2, 0.25) is 5.95 Å². The van der Waals surface area contributed by atoms with Crippen molar-refractivity contribution in [1.29, 1.82) is 5.26 Å². The number of hydrogen-bond acceptors (Lipinski definition) is 5. The van der Waals surface area contributed by atoms with Gasteiger partial charge >= 0.3 is 6.18 Å². The number of nitrogens with two attached hydrogens (primary N) is 1. The maximum Gasteiger partial charge on any atom is 0.419 e. The molecule has 1 saturated carbocycles. The number of alkyl halides is 3. The lowest BCUT2D eigenvalue weighted by atomic mass is 9.99. The van der Waals surface area contributed by atoms with Gasteiger partial charge in [0, 0.05) is 23.9 Å². The van der Waals surface area contributed by atoms with E-state index >= 15 is 0 Å². The third-order valence-corrected chi connectivity index (χ3v) is 5.28. The van der Waals surface area contributed by atoms with Gasteiger partial charge in [-0.05, 0) is 48.9 Å². The standard InChI is InChI=1S/C20H18F3N5/c21-20(22,23)15-10-26-19(27-17-3-1-2-16(17)25)28-18(15)14-7-5-12-8-11(9-24)4-6-13(12)14/h4,6-8,10,16-17H,1-3,5,25H2,(H,26,27,28)/t16-,17-/m0/s1. The second-order valence-electron chi connectivity index (χ2n) is 7.10. The molecule has 2 aliphatic carbocycles. The molecule has 0 aliphatic heterocycles. The van der Waals surface area contributed by atoms with Crippen molar-refractivity contribution in [1.82, 2.24) is 9.97 Å². The minimum atomic E-state index is -4.58. The van der Waals surface area contributed by atoms with Crippen LogP contribution in [0.25, 0.3) is 5.57 Å². The van der Waals surface area contributed by atoms with E-state index in [1.807, 2.05) is 6.07 Å². The Morgan fingerprint density at radius 3 is 2.75 bits per heavy atom. The number of nitrogens with one attached hydrogen (secondary N) is 1. The summed E-state index contributed by atoms with van der Waals surface area (Å²) in [5.74, 6) is 0.147. The summed E-state index contributed by atoms with van der Waals surface area (Å²) >= 11 is 0. The molecule has 1 fully saturated rings. The van der Waals surface area contributed by atoms with Gasteiger partial charge in [-0.3, -0.25) is 0 Å². The van der Waals surface area contributed by atoms with Crippen LogP contribution in [0.5, 0.6) is 0 Å². The van der Waals surface area contributed by atoms with Gasteiger partial charge in [0.1, 0.15) is 5.56 Å². The summed E-state index contributed by atoms with van der Waals surface area (Å²) in [6.45, 7) is 0. The molecule has 1 aromatic heterocycles. The van der Waals surface area contributed by atoms with Crippen molar-refractivity contribution >= 4 is 11.5 Å². The van der Waals surface area contributed by atoms with Crippen LogP contribution in [0.3, 0.4) is 0 Å². The van der Waals surface area contributed by atoms with Crippen molar-refractivity contribution in [2.45, 2.75) is 43.9 Å². The summed E-state index contributed by atoms with van der Waals surface area (Å²) in [6.07, 6.45) is 1.09. The van der Waals surface area contributed by atoms with Crippen LogP contribution in [-0.4, -0.2) is 22.1 Å². The van der Waals surface area contributed by atoms with Gasteiger partial charge in [0.15, 0.2) is 0 Å². The highest BCUT2D eigenvalue weighted by Gasteiger charge is 2.37. The van der Waals surface area contributed by atoms with E-state index in [-0.39, 0.29) is 23.7 Å². The van der Waals surface area contributed by atoms with Crippen molar-refractivity contribution in [2.24, 2.45) is 5.73 Å². The molecule has 0 saturated heterocycles. The van der Waals surface area contributed by atoms with E-state index in [4.69, 9.17) is 11.0 Å². The predicted molar refractivity (Wildman–Crippen MR) is 98.2 cm³/mol. The summed E-state index contributed by atoms with van der Waals surface area (Å²) in [5.41, 5.74) is 7.37. The smallest absolute Gasteiger partial charge is 0.350 e. The highest BCUT2D eigenvalue weighted by Crippen LogP contribution is 2.39. The maximum absolute atomic E-state index is 13.6. The molecule has 0 spiro atoms. The Bertz CT molecular complexity index is 990. The highest BCUT2D eigenvalue weighted by atomic mass is 19.4. The van der Waals surface area contributed by atoms with Crippen molar-refractivity contribution in [3.8, 4) is 6.07 Å². The predicted octanol–water partition coefficient (Wildman–Crippen LogP) is 3.65. The summed E-state index contributed by atoms with van der Waals surface area (Å²) in [7, 11) is 0. The Labute approximate surface area is 160 Å². The van der Waals surface area contributed by atoms with Gasteiger partial charge < -0.3 is 11.1 Å². The fraction of sp³-hybridized carbons (Fsp3) is 0.350.